The SMILES string of the molecule is CC(C)(C)c1ccc(C2(C)CN=C(N)N2CC2CC2)cc1. The molecule has 3 heteroatoms. The van der Waals surface area contributed by atoms with Gasteiger partial charge in [0, 0.05) is 6.54 Å². The van der Waals surface area contributed by atoms with E-state index in [-0.39, 0.29) is 11.0 Å². The molecule has 2 N–H and O–H groups in total. The molecule has 1 fully saturated rings. The Morgan fingerprint density at radius 2 is 1.86 bits per heavy atom. The lowest BCUT2D eigenvalue weighted by molar-refractivity contribution is 0.217. The van der Waals surface area contributed by atoms with Gasteiger partial charge in [-0.05, 0) is 42.2 Å². The van der Waals surface area contributed by atoms with Crippen LogP contribution in [0.3, 0.4) is 0 Å². The van der Waals surface area contributed by atoms with E-state index in [1.54, 1.807) is 0 Å². The number of hydrogen-bond donors (Lipinski definition) is 1. The Kier molecular flexibility index (Phi) is 3.27. The fraction of sp³-hybridized carbons (Fsp3) is 0.611. The van der Waals surface area contributed by atoms with Crippen LogP contribution in [-0.2, 0) is 11.0 Å². The third-order valence-corrected chi connectivity index (χ3v) is 4.93. The molecule has 3 rings (SSSR count). The van der Waals surface area contributed by atoms with E-state index in [1.807, 2.05) is 0 Å². The molecule has 0 radical (unpaired) electrons. The minimum absolute atomic E-state index is 0.0803. The Morgan fingerprint density at radius 1 is 1.24 bits per heavy atom. The van der Waals surface area contributed by atoms with Crippen molar-refractivity contribution in [3.05, 3.63) is 35.4 Å². The predicted octanol–water partition coefficient (Wildman–Crippen LogP) is 3.24. The van der Waals surface area contributed by atoms with Crippen molar-refractivity contribution in [3.63, 3.8) is 0 Å². The fourth-order valence-electron chi connectivity index (χ4n) is 3.09. The second-order valence-corrected chi connectivity index (χ2v) is 7.83. The molecule has 0 bridgehead atoms. The molecule has 0 saturated heterocycles. The van der Waals surface area contributed by atoms with Crippen LogP contribution in [0.1, 0.15) is 51.7 Å². The summed E-state index contributed by atoms with van der Waals surface area (Å²) < 4.78 is 0. The molecule has 1 aliphatic carbocycles. The van der Waals surface area contributed by atoms with Crippen LogP contribution in [0.4, 0.5) is 0 Å². The van der Waals surface area contributed by atoms with Crippen LogP contribution < -0.4 is 5.73 Å². The van der Waals surface area contributed by atoms with Crippen molar-refractivity contribution in [3.8, 4) is 0 Å². The Morgan fingerprint density at radius 3 is 2.38 bits per heavy atom. The molecule has 0 spiro atoms. The Bertz CT molecular complexity index is 549. The van der Waals surface area contributed by atoms with Gasteiger partial charge in [0.15, 0.2) is 5.96 Å². The molecule has 1 aromatic carbocycles. The van der Waals surface area contributed by atoms with Gasteiger partial charge in [-0.1, -0.05) is 45.0 Å². The molecular weight excluding hydrogens is 258 g/mol. The molecule has 1 saturated carbocycles. The molecular formula is C18H27N3. The summed E-state index contributed by atoms with van der Waals surface area (Å²) >= 11 is 0. The Hall–Kier alpha value is -1.51. The molecule has 3 nitrogen and oxygen atoms in total. The highest BCUT2D eigenvalue weighted by atomic mass is 15.4. The first kappa shape index (κ1) is 14.4. The molecule has 1 aromatic rings. The minimum atomic E-state index is -0.0803. The van der Waals surface area contributed by atoms with Gasteiger partial charge >= 0.3 is 0 Å². The highest BCUT2D eigenvalue weighted by molar-refractivity contribution is 5.81. The summed E-state index contributed by atoms with van der Waals surface area (Å²) in [5.41, 5.74) is 8.95. The van der Waals surface area contributed by atoms with Gasteiger partial charge in [-0.3, -0.25) is 4.99 Å². The van der Waals surface area contributed by atoms with Crippen LogP contribution in [0.25, 0.3) is 0 Å². The van der Waals surface area contributed by atoms with Crippen LogP contribution >= 0.6 is 0 Å². The third kappa shape index (κ3) is 2.66. The molecule has 1 atom stereocenters. The highest BCUT2D eigenvalue weighted by Gasteiger charge is 2.41. The predicted molar refractivity (Wildman–Crippen MR) is 88.4 cm³/mol. The first-order valence-electron chi connectivity index (χ1n) is 7.99. The van der Waals surface area contributed by atoms with E-state index in [9.17, 15) is 0 Å². The zero-order chi connectivity index (χ0) is 15.3. The number of benzene rings is 1. The van der Waals surface area contributed by atoms with Crippen LogP contribution in [0.2, 0.25) is 0 Å². The number of aliphatic imine (C=N–C) groups is 1. The molecule has 114 valence electrons. The van der Waals surface area contributed by atoms with Crippen molar-refractivity contribution < 1.29 is 0 Å². The highest BCUT2D eigenvalue weighted by Crippen LogP contribution is 2.38. The monoisotopic (exact) mass is 285 g/mol. The van der Waals surface area contributed by atoms with Crippen molar-refractivity contribution in [1.29, 1.82) is 0 Å². The fourth-order valence-corrected chi connectivity index (χ4v) is 3.09. The number of guanidine groups is 1. The van der Waals surface area contributed by atoms with E-state index >= 15 is 0 Å². The largest absolute Gasteiger partial charge is 0.370 e. The Labute approximate surface area is 128 Å². The summed E-state index contributed by atoms with van der Waals surface area (Å²) in [6.45, 7) is 10.8. The normalized spacial score (nSPS) is 26.1. The van der Waals surface area contributed by atoms with Gasteiger partial charge in [0.1, 0.15) is 0 Å². The first-order valence-corrected chi connectivity index (χ1v) is 7.99. The van der Waals surface area contributed by atoms with Crippen molar-refractivity contribution in [1.82, 2.24) is 4.90 Å². The minimum Gasteiger partial charge on any atom is -0.370 e. The number of nitrogens with zero attached hydrogens (tertiary/aromatic N) is 2. The lowest BCUT2D eigenvalue weighted by atomic mass is 9.84. The zero-order valence-electron chi connectivity index (χ0n) is 13.7. The maximum Gasteiger partial charge on any atom is 0.192 e. The maximum absolute atomic E-state index is 6.14. The van der Waals surface area contributed by atoms with Crippen molar-refractivity contribution >= 4 is 5.96 Å². The van der Waals surface area contributed by atoms with Crippen LogP contribution in [0, 0.1) is 5.92 Å². The average Bonchev–Trinajstić information content (AvgIpc) is 3.20. The quantitative estimate of drug-likeness (QED) is 0.926. The molecule has 1 aliphatic heterocycles. The molecule has 0 amide bonds. The van der Waals surface area contributed by atoms with Gasteiger partial charge in [-0.25, -0.2) is 0 Å². The summed E-state index contributed by atoms with van der Waals surface area (Å²) in [7, 11) is 0. The number of nitrogens with two attached hydrogens (primary N) is 1. The molecule has 21 heavy (non-hydrogen) atoms. The first-order chi connectivity index (χ1) is 9.80. The van der Waals surface area contributed by atoms with Gasteiger partial charge in [0.2, 0.25) is 0 Å². The van der Waals surface area contributed by atoms with Crippen LogP contribution in [0.5, 0.6) is 0 Å². The van der Waals surface area contributed by atoms with E-state index in [0.29, 0.717) is 5.96 Å². The van der Waals surface area contributed by atoms with Gasteiger partial charge in [0.25, 0.3) is 0 Å². The topological polar surface area (TPSA) is 41.6 Å². The van der Waals surface area contributed by atoms with E-state index in [1.165, 1.54) is 24.0 Å². The maximum atomic E-state index is 6.14. The van der Waals surface area contributed by atoms with E-state index in [4.69, 9.17) is 5.73 Å². The molecule has 1 unspecified atom stereocenters. The van der Waals surface area contributed by atoms with E-state index in [2.05, 4.69) is 61.9 Å². The second-order valence-electron chi connectivity index (χ2n) is 7.83. The summed E-state index contributed by atoms with van der Waals surface area (Å²) in [6, 6.07) is 9.03. The van der Waals surface area contributed by atoms with Crippen molar-refractivity contribution in [2.45, 2.75) is 51.5 Å². The van der Waals surface area contributed by atoms with Gasteiger partial charge in [0.05, 0.1) is 12.1 Å². The van der Waals surface area contributed by atoms with Gasteiger partial charge in [-0.15, -0.1) is 0 Å². The third-order valence-electron chi connectivity index (χ3n) is 4.93. The zero-order valence-corrected chi connectivity index (χ0v) is 13.7. The van der Waals surface area contributed by atoms with Crippen LogP contribution in [0.15, 0.2) is 29.3 Å². The summed E-state index contributed by atoms with van der Waals surface area (Å²) in [5.74, 6) is 1.52. The lowest BCUT2D eigenvalue weighted by Crippen LogP contribution is -2.48. The lowest BCUT2D eigenvalue weighted by Gasteiger charge is -2.37. The van der Waals surface area contributed by atoms with Gasteiger partial charge in [-0.2, -0.15) is 0 Å². The summed E-state index contributed by atoms with van der Waals surface area (Å²) in [5, 5.41) is 0. The van der Waals surface area contributed by atoms with Crippen molar-refractivity contribution in [2.75, 3.05) is 13.1 Å². The number of hydrogen-bond acceptors (Lipinski definition) is 3. The molecule has 2 aliphatic rings. The standard InChI is InChI=1S/C18H27N3/c1-17(2,3)14-7-9-15(10-8-14)18(4)12-20-16(19)21(18)11-13-5-6-13/h7-10,13H,5-6,11-12H2,1-4H3,(H2,19,20). The average molecular weight is 285 g/mol. The second kappa shape index (κ2) is 4.75. The van der Waals surface area contributed by atoms with Crippen LogP contribution in [-0.4, -0.2) is 23.9 Å². The molecule has 1 heterocycles. The smallest absolute Gasteiger partial charge is 0.192 e. The summed E-state index contributed by atoms with van der Waals surface area (Å²) in [4.78, 5) is 6.84. The van der Waals surface area contributed by atoms with Gasteiger partial charge < -0.3 is 10.6 Å². The van der Waals surface area contributed by atoms with Crippen molar-refractivity contribution in [2.24, 2.45) is 16.6 Å². The van der Waals surface area contributed by atoms with E-state index in [0.717, 1.165) is 19.0 Å². The molecule has 0 aromatic heterocycles. The van der Waals surface area contributed by atoms with E-state index < -0.39 is 0 Å². The number of rotatable bonds is 3. The summed E-state index contributed by atoms with van der Waals surface area (Å²) in [6.07, 6.45) is 2.67. The Balaban J connectivity index is 1.87.